The Labute approximate surface area is 102 Å². The molecule has 1 aliphatic carbocycles. The Morgan fingerprint density at radius 3 is 2.76 bits per heavy atom. The molecule has 1 fully saturated rings. The molecule has 3 N–H and O–H groups in total. The molecule has 92 valence electrons. The monoisotopic (exact) mass is 233 g/mol. The van der Waals surface area contributed by atoms with E-state index in [0.717, 1.165) is 12.4 Å². The fraction of sp³-hybridized carbons (Fsp3) is 0.538. The van der Waals surface area contributed by atoms with Gasteiger partial charge in [-0.05, 0) is 36.8 Å². The predicted molar refractivity (Wildman–Crippen MR) is 67.8 cm³/mol. The van der Waals surface area contributed by atoms with Crippen LogP contribution >= 0.6 is 0 Å². The molecule has 0 aromatic carbocycles. The van der Waals surface area contributed by atoms with E-state index in [-0.39, 0.29) is 0 Å². The quantitative estimate of drug-likeness (QED) is 0.791. The summed E-state index contributed by atoms with van der Waals surface area (Å²) in [4.78, 5) is 15.1. The molecular weight excluding hydrogens is 214 g/mol. The topological polar surface area (TPSA) is 68.0 Å². The molecule has 4 nitrogen and oxygen atoms in total. The van der Waals surface area contributed by atoms with Crippen LogP contribution in [0.1, 0.15) is 43.0 Å². The molecule has 2 rings (SSSR count). The van der Waals surface area contributed by atoms with Crippen molar-refractivity contribution in [3.63, 3.8) is 0 Å². The van der Waals surface area contributed by atoms with E-state index < -0.39 is 5.91 Å². The van der Waals surface area contributed by atoms with Gasteiger partial charge in [-0.25, -0.2) is 4.98 Å². The first-order chi connectivity index (χ1) is 8.15. The Morgan fingerprint density at radius 1 is 1.53 bits per heavy atom. The molecule has 1 saturated carbocycles. The van der Waals surface area contributed by atoms with Crippen molar-refractivity contribution < 1.29 is 4.79 Å². The number of nitrogens with one attached hydrogen (secondary N) is 1. The fourth-order valence-electron chi connectivity index (χ4n) is 2.14. The van der Waals surface area contributed by atoms with Gasteiger partial charge in [0, 0.05) is 12.7 Å². The van der Waals surface area contributed by atoms with E-state index >= 15 is 0 Å². The van der Waals surface area contributed by atoms with Crippen LogP contribution in [0.15, 0.2) is 18.3 Å². The van der Waals surface area contributed by atoms with E-state index in [1.54, 1.807) is 6.07 Å². The lowest BCUT2D eigenvalue weighted by Gasteiger charge is -2.15. The lowest BCUT2D eigenvalue weighted by molar-refractivity contribution is 0.1000. The molecule has 17 heavy (non-hydrogen) atoms. The van der Waals surface area contributed by atoms with Crippen LogP contribution in [0.3, 0.4) is 0 Å². The number of anilines is 1. The first kappa shape index (κ1) is 11.9. The van der Waals surface area contributed by atoms with Crippen LogP contribution in [0.5, 0.6) is 0 Å². The first-order valence-corrected chi connectivity index (χ1v) is 6.15. The summed E-state index contributed by atoms with van der Waals surface area (Å²) in [7, 11) is 0. The average molecular weight is 233 g/mol. The fourth-order valence-corrected chi connectivity index (χ4v) is 2.14. The van der Waals surface area contributed by atoms with Gasteiger partial charge in [-0.3, -0.25) is 4.79 Å². The highest BCUT2D eigenvalue weighted by atomic mass is 16.1. The van der Waals surface area contributed by atoms with Crippen molar-refractivity contribution in [1.29, 1.82) is 0 Å². The Kier molecular flexibility index (Phi) is 3.31. The molecule has 1 aliphatic rings. The van der Waals surface area contributed by atoms with E-state index in [1.165, 1.54) is 31.9 Å². The molecule has 0 unspecified atom stereocenters. The number of amides is 1. The third-order valence-electron chi connectivity index (χ3n) is 3.43. The summed E-state index contributed by atoms with van der Waals surface area (Å²) in [5, 5.41) is 3.34. The van der Waals surface area contributed by atoms with Gasteiger partial charge >= 0.3 is 0 Å². The Morgan fingerprint density at radius 2 is 2.29 bits per heavy atom. The van der Waals surface area contributed by atoms with Crippen LogP contribution < -0.4 is 11.1 Å². The van der Waals surface area contributed by atoms with Crippen LogP contribution in [-0.2, 0) is 0 Å². The molecule has 0 saturated heterocycles. The lowest BCUT2D eigenvalue weighted by Crippen LogP contribution is -2.16. The van der Waals surface area contributed by atoms with Crippen LogP contribution in [0.2, 0.25) is 0 Å². The maximum Gasteiger partial charge on any atom is 0.250 e. The summed E-state index contributed by atoms with van der Waals surface area (Å²) in [5.41, 5.74) is 6.11. The summed E-state index contributed by atoms with van der Waals surface area (Å²) in [6.07, 6.45) is 6.65. The van der Waals surface area contributed by atoms with E-state index in [1.807, 2.05) is 6.07 Å². The minimum absolute atomic E-state index is 0.436. The number of aromatic nitrogens is 1. The number of primary amides is 1. The molecule has 1 aromatic heterocycles. The molecule has 1 amide bonds. The average Bonchev–Trinajstić information content (AvgIpc) is 3.08. The lowest BCUT2D eigenvalue weighted by atomic mass is 10.0. The second kappa shape index (κ2) is 4.73. The first-order valence-electron chi connectivity index (χ1n) is 6.15. The number of hydrogen-bond acceptors (Lipinski definition) is 3. The number of rotatable bonds is 6. The van der Waals surface area contributed by atoms with E-state index in [9.17, 15) is 4.79 Å². The number of pyridine rings is 1. The molecule has 0 aliphatic heterocycles. The number of hydrogen-bond donors (Lipinski definition) is 2. The van der Waals surface area contributed by atoms with Crippen molar-refractivity contribution in [3.05, 3.63) is 23.9 Å². The Balaban J connectivity index is 1.89. The van der Waals surface area contributed by atoms with Gasteiger partial charge in [0.2, 0.25) is 5.91 Å². The maximum absolute atomic E-state index is 10.9. The molecule has 4 heteroatoms. The maximum atomic E-state index is 10.9. The van der Waals surface area contributed by atoms with Crippen molar-refractivity contribution in [2.75, 3.05) is 11.9 Å². The summed E-state index contributed by atoms with van der Waals surface area (Å²) < 4.78 is 0. The molecule has 0 radical (unpaired) electrons. The standard InChI is InChI=1S/C13H19N3O/c1-2-5-13(6-7-13)9-16-11-4-3-10(8-15-11)12(14)17/h3-4,8H,2,5-7,9H2,1H3,(H2,14,17)(H,15,16). The van der Waals surface area contributed by atoms with Crippen molar-refractivity contribution in [3.8, 4) is 0 Å². The number of nitrogens with zero attached hydrogens (tertiary/aromatic N) is 1. The van der Waals surface area contributed by atoms with Crippen LogP contribution in [0, 0.1) is 5.41 Å². The molecule has 0 bridgehead atoms. The number of carbonyl (C=O) groups is 1. The van der Waals surface area contributed by atoms with Crippen molar-refractivity contribution in [2.45, 2.75) is 32.6 Å². The minimum atomic E-state index is -0.436. The predicted octanol–water partition coefficient (Wildman–Crippen LogP) is 2.17. The van der Waals surface area contributed by atoms with Gasteiger partial charge < -0.3 is 11.1 Å². The largest absolute Gasteiger partial charge is 0.370 e. The van der Waals surface area contributed by atoms with Gasteiger partial charge in [0.05, 0.1) is 5.56 Å². The highest BCUT2D eigenvalue weighted by Gasteiger charge is 2.41. The Hall–Kier alpha value is -1.58. The van der Waals surface area contributed by atoms with E-state index in [0.29, 0.717) is 11.0 Å². The Bertz CT molecular complexity index is 396. The van der Waals surface area contributed by atoms with Crippen molar-refractivity contribution in [1.82, 2.24) is 4.98 Å². The summed E-state index contributed by atoms with van der Waals surface area (Å²) >= 11 is 0. The molecule has 0 spiro atoms. The number of carbonyl (C=O) groups excluding carboxylic acids is 1. The smallest absolute Gasteiger partial charge is 0.250 e. The van der Waals surface area contributed by atoms with Gasteiger partial charge in [-0.1, -0.05) is 13.3 Å². The van der Waals surface area contributed by atoms with E-state index in [4.69, 9.17) is 5.73 Å². The minimum Gasteiger partial charge on any atom is -0.370 e. The third-order valence-corrected chi connectivity index (χ3v) is 3.43. The normalized spacial score (nSPS) is 16.5. The SMILES string of the molecule is CCCC1(CNc2ccc(C(N)=O)cn2)CC1. The van der Waals surface area contributed by atoms with Gasteiger partial charge in [-0.2, -0.15) is 0 Å². The van der Waals surface area contributed by atoms with Gasteiger partial charge in [0.15, 0.2) is 0 Å². The number of nitrogens with two attached hydrogens (primary N) is 1. The van der Waals surface area contributed by atoms with Crippen molar-refractivity contribution in [2.24, 2.45) is 11.1 Å². The second-order valence-electron chi connectivity index (χ2n) is 4.90. The second-order valence-corrected chi connectivity index (χ2v) is 4.90. The zero-order valence-corrected chi connectivity index (χ0v) is 10.2. The van der Waals surface area contributed by atoms with Crippen LogP contribution in [0.25, 0.3) is 0 Å². The summed E-state index contributed by atoms with van der Waals surface area (Å²) in [6.45, 7) is 3.20. The van der Waals surface area contributed by atoms with Crippen molar-refractivity contribution >= 4 is 11.7 Å². The zero-order valence-electron chi connectivity index (χ0n) is 10.2. The molecular formula is C13H19N3O. The van der Waals surface area contributed by atoms with Crippen LogP contribution in [-0.4, -0.2) is 17.4 Å². The van der Waals surface area contributed by atoms with Gasteiger partial charge in [0.25, 0.3) is 0 Å². The van der Waals surface area contributed by atoms with Gasteiger partial charge in [0.1, 0.15) is 5.82 Å². The summed E-state index contributed by atoms with van der Waals surface area (Å²) in [5.74, 6) is 0.381. The van der Waals surface area contributed by atoms with Crippen LogP contribution in [0.4, 0.5) is 5.82 Å². The highest BCUT2D eigenvalue weighted by molar-refractivity contribution is 5.92. The molecule has 1 heterocycles. The van der Waals surface area contributed by atoms with E-state index in [2.05, 4.69) is 17.2 Å². The zero-order chi connectivity index (χ0) is 12.3. The van der Waals surface area contributed by atoms with Gasteiger partial charge in [-0.15, -0.1) is 0 Å². The third kappa shape index (κ3) is 2.96. The molecule has 0 atom stereocenters. The summed E-state index contributed by atoms with van der Waals surface area (Å²) in [6, 6.07) is 3.51. The highest BCUT2D eigenvalue weighted by Crippen LogP contribution is 2.49. The molecule has 1 aromatic rings.